The molecule has 1 aromatic carbocycles. The van der Waals surface area contributed by atoms with Crippen molar-refractivity contribution in [2.45, 2.75) is 46.5 Å². The topological polar surface area (TPSA) is 68.4 Å². The monoisotopic (exact) mass is 512 g/mol. The summed E-state index contributed by atoms with van der Waals surface area (Å²) in [6.07, 6.45) is 5.91. The lowest BCUT2D eigenvalue weighted by Gasteiger charge is -2.26. The molecule has 4 rings (SSSR count). The zero-order valence-electron chi connectivity index (χ0n) is 19.8. The number of hydrogen-bond acceptors (Lipinski definition) is 3. The quantitative estimate of drug-likeness (QED) is 0.484. The van der Waals surface area contributed by atoms with Gasteiger partial charge in [-0.25, -0.2) is 0 Å². The maximum absolute atomic E-state index is 13.5. The number of nitrogens with one attached hydrogen (secondary N) is 2. The largest absolute Gasteiger partial charge is 0.358 e. The van der Waals surface area contributed by atoms with E-state index in [1.54, 1.807) is 0 Å². The Kier molecular flexibility index (Phi) is 7.39. The van der Waals surface area contributed by atoms with E-state index in [9.17, 15) is 9.59 Å². The number of aryl methyl sites for hydroxylation is 1. The van der Waals surface area contributed by atoms with Gasteiger partial charge in [0.05, 0.1) is 11.1 Å². The summed E-state index contributed by atoms with van der Waals surface area (Å²) in [5, 5.41) is 2.93. The van der Waals surface area contributed by atoms with Crippen LogP contribution < -0.4 is 5.32 Å². The van der Waals surface area contributed by atoms with Gasteiger partial charge in [-0.1, -0.05) is 29.8 Å². The summed E-state index contributed by atoms with van der Waals surface area (Å²) in [7, 11) is 0. The van der Waals surface area contributed by atoms with Crippen molar-refractivity contribution in [3.05, 3.63) is 50.8 Å². The molecular weight excluding hydrogens is 480 g/mol. The normalized spacial score (nSPS) is 16.9. The Hall–Kier alpha value is -2.38. The molecule has 0 radical (unpaired) electrons. The number of nitrogens with zero attached hydrogens (tertiary/aromatic N) is 2. The lowest BCUT2D eigenvalue weighted by atomic mass is 10.0. The first-order valence-corrected chi connectivity index (χ1v) is 12.8. The second kappa shape index (κ2) is 10.3. The third-order valence-corrected chi connectivity index (χ3v) is 7.03. The van der Waals surface area contributed by atoms with E-state index < -0.39 is 0 Å². The molecule has 2 aromatic rings. The Morgan fingerprint density at radius 1 is 1.15 bits per heavy atom. The van der Waals surface area contributed by atoms with Crippen molar-refractivity contribution in [1.29, 1.82) is 0 Å². The van der Waals surface area contributed by atoms with Crippen molar-refractivity contribution in [1.82, 2.24) is 14.8 Å². The molecule has 0 aliphatic carbocycles. The predicted octanol–water partition coefficient (Wildman–Crippen LogP) is 5.09. The minimum atomic E-state index is -0.118. The molecule has 1 aromatic heterocycles. The molecule has 0 bridgehead atoms. The maximum atomic E-state index is 13.5. The van der Waals surface area contributed by atoms with E-state index in [0.29, 0.717) is 5.57 Å². The number of halogens is 1. The maximum Gasteiger partial charge on any atom is 0.256 e. The van der Waals surface area contributed by atoms with Crippen LogP contribution >= 0.6 is 15.9 Å². The van der Waals surface area contributed by atoms with E-state index in [2.05, 4.69) is 45.0 Å². The fraction of sp³-hybridized carbons (Fsp3) is 0.462. The van der Waals surface area contributed by atoms with Gasteiger partial charge >= 0.3 is 0 Å². The highest BCUT2D eigenvalue weighted by Crippen LogP contribution is 2.36. The Morgan fingerprint density at radius 3 is 2.64 bits per heavy atom. The molecule has 0 fully saturated rings. The van der Waals surface area contributed by atoms with E-state index in [0.717, 1.165) is 96.6 Å². The van der Waals surface area contributed by atoms with Gasteiger partial charge in [-0.15, -0.1) is 0 Å². The summed E-state index contributed by atoms with van der Waals surface area (Å²) in [6, 6.07) is 5.77. The number of benzene rings is 1. The van der Waals surface area contributed by atoms with Crippen LogP contribution in [0.3, 0.4) is 0 Å². The molecule has 2 amide bonds. The highest BCUT2D eigenvalue weighted by atomic mass is 79.9. The van der Waals surface area contributed by atoms with Gasteiger partial charge in [0, 0.05) is 46.7 Å². The number of carbonyl (C=O) groups excluding carboxylic acids is 2. The van der Waals surface area contributed by atoms with Crippen molar-refractivity contribution in [3.8, 4) is 0 Å². The molecule has 0 saturated heterocycles. The first-order valence-electron chi connectivity index (χ1n) is 12.0. The van der Waals surface area contributed by atoms with Crippen LogP contribution in [0.25, 0.3) is 11.6 Å². The Balaban J connectivity index is 1.60. The minimum Gasteiger partial charge on any atom is -0.358 e. The van der Waals surface area contributed by atoms with Crippen molar-refractivity contribution in [3.63, 3.8) is 0 Å². The van der Waals surface area contributed by atoms with Gasteiger partial charge in [0.15, 0.2) is 0 Å². The Bertz CT molecular complexity index is 1080. The third kappa shape index (κ3) is 4.94. The molecule has 6 nitrogen and oxygen atoms in total. The van der Waals surface area contributed by atoms with E-state index in [4.69, 9.17) is 0 Å². The Labute approximate surface area is 204 Å². The van der Waals surface area contributed by atoms with Gasteiger partial charge in [-0.2, -0.15) is 0 Å². The van der Waals surface area contributed by atoms with Crippen LogP contribution in [0.5, 0.6) is 0 Å². The van der Waals surface area contributed by atoms with Gasteiger partial charge in [0.1, 0.15) is 0 Å². The molecule has 0 spiro atoms. The molecule has 2 aliphatic heterocycles. The van der Waals surface area contributed by atoms with Gasteiger partial charge < -0.3 is 20.1 Å². The van der Waals surface area contributed by atoms with Crippen molar-refractivity contribution < 1.29 is 9.59 Å². The first kappa shape index (κ1) is 23.8. The fourth-order valence-electron chi connectivity index (χ4n) is 4.90. The number of fused-ring (bicyclic) bond motifs is 2. The number of H-pyrrole nitrogens is 1. The SMILES string of the molecule is CCCN(CCC)CCN1CCCc2[nH]c(/C=C3\C(=O)Nc4ccc(Br)cc43)c(C)c2C1=O. The van der Waals surface area contributed by atoms with Gasteiger partial charge in [0.2, 0.25) is 0 Å². The van der Waals surface area contributed by atoms with Gasteiger partial charge in [-0.05, 0) is 75.5 Å². The van der Waals surface area contributed by atoms with Crippen LogP contribution in [-0.4, -0.2) is 59.3 Å². The summed E-state index contributed by atoms with van der Waals surface area (Å²) in [6.45, 7) is 11.0. The molecule has 2 aliphatic rings. The fourth-order valence-corrected chi connectivity index (χ4v) is 5.26. The average Bonchev–Trinajstić information content (AvgIpc) is 3.20. The minimum absolute atomic E-state index is 0.105. The van der Waals surface area contributed by atoms with Crippen LogP contribution in [0.2, 0.25) is 0 Å². The van der Waals surface area contributed by atoms with Crippen molar-refractivity contribution >= 4 is 45.1 Å². The van der Waals surface area contributed by atoms with Crippen LogP contribution in [-0.2, 0) is 11.2 Å². The van der Waals surface area contributed by atoms with Crippen LogP contribution in [0.15, 0.2) is 22.7 Å². The highest BCUT2D eigenvalue weighted by molar-refractivity contribution is 9.10. The first-order chi connectivity index (χ1) is 15.9. The number of carbonyl (C=O) groups is 2. The molecule has 2 N–H and O–H groups in total. The lowest BCUT2D eigenvalue weighted by Crippen LogP contribution is -2.39. The number of hydrogen-bond donors (Lipinski definition) is 2. The lowest BCUT2D eigenvalue weighted by molar-refractivity contribution is -0.110. The third-order valence-electron chi connectivity index (χ3n) is 6.54. The molecule has 0 saturated carbocycles. The summed E-state index contributed by atoms with van der Waals surface area (Å²) in [5.41, 5.74) is 5.83. The predicted molar refractivity (Wildman–Crippen MR) is 137 cm³/mol. The Morgan fingerprint density at radius 2 is 1.91 bits per heavy atom. The summed E-state index contributed by atoms with van der Waals surface area (Å²) >= 11 is 3.50. The number of amides is 2. The number of anilines is 1. The van der Waals surface area contributed by atoms with E-state index in [1.165, 1.54) is 0 Å². The zero-order chi connectivity index (χ0) is 23.5. The van der Waals surface area contributed by atoms with E-state index >= 15 is 0 Å². The average molecular weight is 513 g/mol. The highest BCUT2D eigenvalue weighted by Gasteiger charge is 2.29. The molecule has 176 valence electrons. The molecule has 3 heterocycles. The second-order valence-corrected chi connectivity index (χ2v) is 9.87. The molecular formula is C26H33BrN4O2. The number of aromatic amines is 1. The molecule has 33 heavy (non-hydrogen) atoms. The second-order valence-electron chi connectivity index (χ2n) is 8.96. The molecule has 0 atom stereocenters. The molecule has 7 heteroatoms. The standard InChI is InChI=1S/C26H33BrN4O2/c1-4-10-30(11-5-2)13-14-31-12-6-7-22-24(26(31)33)17(3)23(28-22)16-20-19-15-18(27)8-9-21(19)29-25(20)32/h8-9,15-16,28H,4-7,10-14H2,1-3H3,(H,29,32)/b20-16-. The van der Waals surface area contributed by atoms with Gasteiger partial charge in [0.25, 0.3) is 11.8 Å². The van der Waals surface area contributed by atoms with Crippen molar-refractivity contribution in [2.75, 3.05) is 38.0 Å². The molecule has 0 unspecified atom stereocenters. The summed E-state index contributed by atoms with van der Waals surface area (Å²) < 4.78 is 0.925. The zero-order valence-corrected chi connectivity index (χ0v) is 21.3. The van der Waals surface area contributed by atoms with Crippen LogP contribution in [0.4, 0.5) is 5.69 Å². The number of rotatable bonds is 8. The van der Waals surface area contributed by atoms with Gasteiger partial charge in [-0.3, -0.25) is 9.59 Å². The van der Waals surface area contributed by atoms with Crippen molar-refractivity contribution in [2.24, 2.45) is 0 Å². The smallest absolute Gasteiger partial charge is 0.256 e. The van der Waals surface area contributed by atoms with E-state index in [-0.39, 0.29) is 11.8 Å². The summed E-state index contributed by atoms with van der Waals surface area (Å²) in [4.78, 5) is 34.1. The summed E-state index contributed by atoms with van der Waals surface area (Å²) in [5.74, 6) is -0.0138. The van der Waals surface area contributed by atoms with Crippen LogP contribution in [0.1, 0.15) is 66.0 Å². The number of aromatic nitrogens is 1. The van der Waals surface area contributed by atoms with E-state index in [1.807, 2.05) is 36.1 Å². The van der Waals surface area contributed by atoms with Crippen LogP contribution in [0, 0.1) is 6.92 Å².